The van der Waals surface area contributed by atoms with E-state index in [1.165, 1.54) is 6.33 Å². The van der Waals surface area contributed by atoms with Crippen LogP contribution in [-0.2, 0) is 6.54 Å². The van der Waals surface area contributed by atoms with Crippen molar-refractivity contribution in [1.82, 2.24) is 24.5 Å². The van der Waals surface area contributed by atoms with Gasteiger partial charge in [-0.2, -0.15) is 0 Å². The van der Waals surface area contributed by atoms with Gasteiger partial charge >= 0.3 is 0 Å². The van der Waals surface area contributed by atoms with Crippen LogP contribution >= 0.6 is 23.2 Å². The number of aromatic nitrogens is 5. The number of nitrogens with one attached hydrogen (secondary N) is 1. The molecule has 3 aromatic heterocycles. The summed E-state index contributed by atoms with van der Waals surface area (Å²) in [5, 5.41) is 6.04. The first-order valence-corrected chi connectivity index (χ1v) is 11.1. The summed E-state index contributed by atoms with van der Waals surface area (Å²) >= 11 is 12.7. The van der Waals surface area contributed by atoms with Gasteiger partial charge in [0, 0.05) is 5.39 Å². The van der Waals surface area contributed by atoms with Crippen molar-refractivity contribution in [2.24, 2.45) is 0 Å². The lowest BCUT2D eigenvalue weighted by Crippen LogP contribution is -2.11. The van der Waals surface area contributed by atoms with E-state index in [9.17, 15) is 0 Å². The number of halogens is 2. The van der Waals surface area contributed by atoms with Gasteiger partial charge in [0.2, 0.25) is 0 Å². The Morgan fingerprint density at radius 1 is 1.06 bits per heavy atom. The third-order valence-corrected chi connectivity index (χ3v) is 6.08. The molecule has 33 heavy (non-hydrogen) atoms. The maximum atomic E-state index is 6.44. The Hall–Kier alpha value is -3.42. The summed E-state index contributed by atoms with van der Waals surface area (Å²) in [4.78, 5) is 18.0. The van der Waals surface area contributed by atoms with Gasteiger partial charge in [0.15, 0.2) is 11.5 Å². The Balaban J connectivity index is 1.43. The van der Waals surface area contributed by atoms with Crippen LogP contribution in [0.3, 0.4) is 0 Å². The number of nitrogens with zero attached hydrogens (tertiary/aromatic N) is 5. The first-order valence-electron chi connectivity index (χ1n) is 10.3. The molecule has 0 aliphatic heterocycles. The summed E-state index contributed by atoms with van der Waals surface area (Å²) in [6.07, 6.45) is 3.30. The predicted octanol–water partition coefficient (Wildman–Crippen LogP) is 5.91. The number of pyridine rings is 1. The summed E-state index contributed by atoms with van der Waals surface area (Å²) < 4.78 is 7.22. The zero-order chi connectivity index (χ0) is 22.9. The molecule has 9 heteroatoms. The minimum atomic E-state index is -0.171. The Bertz CT molecular complexity index is 1450. The van der Waals surface area contributed by atoms with E-state index in [2.05, 4.69) is 25.3 Å². The molecule has 5 aromatic rings. The Morgan fingerprint density at radius 3 is 2.67 bits per heavy atom. The highest BCUT2D eigenvalue weighted by Crippen LogP contribution is 2.32. The first-order chi connectivity index (χ1) is 16.0. The van der Waals surface area contributed by atoms with Crippen molar-refractivity contribution < 1.29 is 4.74 Å². The lowest BCUT2D eigenvalue weighted by atomic mass is 10.1. The number of imidazole rings is 1. The quantitative estimate of drug-likeness (QED) is 0.305. The van der Waals surface area contributed by atoms with Crippen LogP contribution in [-0.4, -0.2) is 31.6 Å². The maximum Gasteiger partial charge on any atom is 0.165 e. The summed E-state index contributed by atoms with van der Waals surface area (Å²) in [5.74, 6) is 1.45. The van der Waals surface area contributed by atoms with Crippen LogP contribution in [0.1, 0.15) is 24.2 Å². The predicted molar refractivity (Wildman–Crippen MR) is 131 cm³/mol. The fourth-order valence-electron chi connectivity index (χ4n) is 3.77. The van der Waals surface area contributed by atoms with Crippen LogP contribution in [0.4, 0.5) is 5.82 Å². The van der Waals surface area contributed by atoms with E-state index in [0.717, 1.165) is 33.4 Å². The summed E-state index contributed by atoms with van der Waals surface area (Å²) in [6, 6.07) is 15.4. The minimum absolute atomic E-state index is 0.171. The summed E-state index contributed by atoms with van der Waals surface area (Å²) in [7, 11) is 1.65. The van der Waals surface area contributed by atoms with E-state index in [1.54, 1.807) is 19.5 Å². The molecule has 3 heterocycles. The minimum Gasteiger partial charge on any atom is -0.497 e. The van der Waals surface area contributed by atoms with Crippen LogP contribution in [0.25, 0.3) is 21.9 Å². The van der Waals surface area contributed by atoms with Crippen molar-refractivity contribution in [3.8, 4) is 5.75 Å². The van der Waals surface area contributed by atoms with Crippen LogP contribution in [0.5, 0.6) is 5.75 Å². The fourth-order valence-corrected chi connectivity index (χ4v) is 4.40. The molecule has 5 rings (SSSR count). The third kappa shape index (κ3) is 4.17. The monoisotopic (exact) mass is 478 g/mol. The lowest BCUT2D eigenvalue weighted by Gasteiger charge is -2.16. The largest absolute Gasteiger partial charge is 0.497 e. The van der Waals surface area contributed by atoms with Gasteiger partial charge < -0.3 is 14.6 Å². The second kappa shape index (κ2) is 8.84. The van der Waals surface area contributed by atoms with Gasteiger partial charge in [-0.15, -0.1) is 0 Å². The van der Waals surface area contributed by atoms with Gasteiger partial charge in [-0.3, -0.25) is 0 Å². The molecule has 166 valence electrons. The topological polar surface area (TPSA) is 77.8 Å². The number of fused-ring (bicyclic) bond motifs is 2. The van der Waals surface area contributed by atoms with Crippen molar-refractivity contribution in [2.75, 3.05) is 12.4 Å². The van der Waals surface area contributed by atoms with E-state index >= 15 is 0 Å². The maximum absolute atomic E-state index is 6.44. The molecule has 0 radical (unpaired) electrons. The smallest absolute Gasteiger partial charge is 0.165 e. The van der Waals surface area contributed by atoms with E-state index in [-0.39, 0.29) is 6.04 Å². The molecule has 0 spiro atoms. The Kier molecular flexibility index (Phi) is 5.74. The number of rotatable bonds is 6. The van der Waals surface area contributed by atoms with Gasteiger partial charge in [0.1, 0.15) is 22.7 Å². The van der Waals surface area contributed by atoms with Gasteiger partial charge in [-0.1, -0.05) is 47.5 Å². The molecule has 1 N–H and O–H groups in total. The molecule has 0 saturated heterocycles. The number of hydrogen-bond acceptors (Lipinski definition) is 6. The highest BCUT2D eigenvalue weighted by molar-refractivity contribution is 6.41. The van der Waals surface area contributed by atoms with Crippen LogP contribution < -0.4 is 10.1 Å². The standard InChI is InChI=1S/C24H20Cl2N6O/c1-14(19-10-16-4-3-5-18(25)20(16)22(26)31-19)30-23-21-24(28-12-27-23)32(13-29-21)11-15-6-8-17(33-2)9-7-15/h3-10,12-14H,11H2,1-2H3,(H,27,28,30). The van der Waals surface area contributed by atoms with Gasteiger partial charge in [-0.05, 0) is 42.1 Å². The second-order valence-corrected chi connectivity index (χ2v) is 8.42. The molecule has 0 bridgehead atoms. The number of anilines is 1. The molecule has 1 atom stereocenters. The summed E-state index contributed by atoms with van der Waals surface area (Å²) in [5.41, 5.74) is 3.32. The highest BCUT2D eigenvalue weighted by atomic mass is 35.5. The SMILES string of the molecule is COc1ccc(Cn2cnc3c(NC(C)c4cc5cccc(Cl)c5c(Cl)n4)ncnc32)cc1. The van der Waals surface area contributed by atoms with E-state index in [1.807, 2.05) is 54.0 Å². The van der Waals surface area contributed by atoms with Gasteiger partial charge in [0.05, 0.1) is 36.7 Å². The van der Waals surface area contributed by atoms with Crippen molar-refractivity contribution in [1.29, 1.82) is 0 Å². The van der Waals surface area contributed by atoms with E-state index < -0.39 is 0 Å². The summed E-state index contributed by atoms with van der Waals surface area (Å²) in [6.45, 7) is 2.63. The van der Waals surface area contributed by atoms with Crippen molar-refractivity contribution in [3.63, 3.8) is 0 Å². The zero-order valence-corrected chi connectivity index (χ0v) is 19.5. The molecule has 0 fully saturated rings. The fraction of sp³-hybridized carbons (Fsp3) is 0.167. The number of ether oxygens (including phenoxy) is 1. The van der Waals surface area contributed by atoms with E-state index in [0.29, 0.717) is 28.1 Å². The average Bonchev–Trinajstić information content (AvgIpc) is 3.23. The van der Waals surface area contributed by atoms with Gasteiger partial charge in [-0.25, -0.2) is 19.9 Å². The van der Waals surface area contributed by atoms with Crippen LogP contribution in [0.2, 0.25) is 10.2 Å². The number of methoxy groups -OCH3 is 1. The van der Waals surface area contributed by atoms with Crippen molar-refractivity contribution in [2.45, 2.75) is 19.5 Å². The normalized spacial score (nSPS) is 12.2. The number of benzene rings is 2. The molecule has 0 amide bonds. The van der Waals surface area contributed by atoms with Crippen LogP contribution in [0.15, 0.2) is 61.2 Å². The molecule has 2 aromatic carbocycles. The van der Waals surface area contributed by atoms with Gasteiger partial charge in [0.25, 0.3) is 0 Å². The molecular formula is C24H20Cl2N6O. The molecular weight excluding hydrogens is 459 g/mol. The Morgan fingerprint density at radius 2 is 1.88 bits per heavy atom. The van der Waals surface area contributed by atoms with Crippen molar-refractivity contribution >= 4 is 51.0 Å². The molecule has 0 aliphatic rings. The molecule has 1 unspecified atom stereocenters. The molecule has 0 aliphatic carbocycles. The first kappa shape index (κ1) is 21.4. The number of hydrogen-bond donors (Lipinski definition) is 1. The van der Waals surface area contributed by atoms with Crippen molar-refractivity contribution in [3.05, 3.63) is 82.6 Å². The Labute approximate surface area is 200 Å². The van der Waals surface area contributed by atoms with E-state index in [4.69, 9.17) is 27.9 Å². The van der Waals surface area contributed by atoms with Crippen LogP contribution in [0, 0.1) is 0 Å². The second-order valence-electron chi connectivity index (χ2n) is 7.66. The molecule has 0 saturated carbocycles. The highest BCUT2D eigenvalue weighted by Gasteiger charge is 2.16. The third-order valence-electron chi connectivity index (χ3n) is 5.49. The lowest BCUT2D eigenvalue weighted by molar-refractivity contribution is 0.414. The molecule has 7 nitrogen and oxygen atoms in total. The zero-order valence-electron chi connectivity index (χ0n) is 18.0. The average molecular weight is 479 g/mol.